The summed E-state index contributed by atoms with van der Waals surface area (Å²) in [4.78, 5) is 61.9. The van der Waals surface area contributed by atoms with Crippen molar-refractivity contribution in [3.8, 4) is 17.4 Å². The number of rotatable bonds is 8. The van der Waals surface area contributed by atoms with Crippen molar-refractivity contribution in [2.45, 2.75) is 25.9 Å². The third-order valence-electron chi connectivity index (χ3n) is 11.3. The number of nitrogen functional groups attached to an aromatic ring is 2. The first-order valence-corrected chi connectivity index (χ1v) is 21.8. The summed E-state index contributed by atoms with van der Waals surface area (Å²) in [5.74, 6) is -2.43. The molecule has 342 valence electrons. The molecule has 0 radical (unpaired) electrons. The minimum Gasteiger partial charge on any atom is -0.381 e. The molecule has 0 aliphatic carbocycles. The number of nitrogens with two attached hydrogens (primary N) is 2. The fourth-order valence-electron chi connectivity index (χ4n) is 8.30. The van der Waals surface area contributed by atoms with Gasteiger partial charge in [-0.25, -0.2) is 27.8 Å². The maximum absolute atomic E-state index is 14.8. The molecule has 0 aliphatic rings. The minimum atomic E-state index is -0.851. The zero-order chi connectivity index (χ0) is 48.7. The van der Waals surface area contributed by atoms with Crippen LogP contribution in [0.3, 0.4) is 0 Å². The molecule has 0 spiro atoms. The summed E-state index contributed by atoms with van der Waals surface area (Å²) in [6.07, 6.45) is 6.30. The molecule has 4 aromatic carbocycles. The van der Waals surface area contributed by atoms with Crippen molar-refractivity contribution in [3.63, 3.8) is 0 Å². The summed E-state index contributed by atoms with van der Waals surface area (Å²) in [5.41, 5.74) is 13.3. The summed E-state index contributed by atoms with van der Waals surface area (Å²) in [7, 11) is 0. The van der Waals surface area contributed by atoms with E-state index in [-0.39, 0.29) is 55.8 Å². The Balaban J connectivity index is 0.000000172. The average Bonchev–Trinajstić information content (AvgIpc) is 3.88. The van der Waals surface area contributed by atoms with E-state index in [1.807, 2.05) is 6.07 Å². The fourth-order valence-corrected chi connectivity index (χ4v) is 9.15. The largest absolute Gasteiger partial charge is 0.381 e. The van der Waals surface area contributed by atoms with Crippen LogP contribution in [-0.2, 0) is 0 Å². The van der Waals surface area contributed by atoms with Gasteiger partial charge in [-0.1, -0.05) is 60.7 Å². The number of nitrogens with zero attached hydrogens (tertiary/aromatic N) is 9. The van der Waals surface area contributed by atoms with Crippen LogP contribution in [0.25, 0.3) is 44.2 Å². The number of benzene rings is 4. The lowest BCUT2D eigenvalue weighted by atomic mass is 9.99. The normalized spacial score (nSPS) is 12.1. The molecule has 2 atom stereocenters. The van der Waals surface area contributed by atoms with E-state index >= 15 is 0 Å². The lowest BCUT2D eigenvalue weighted by Crippen LogP contribution is -2.33. The van der Waals surface area contributed by atoms with E-state index in [9.17, 15) is 33.2 Å². The van der Waals surface area contributed by atoms with Gasteiger partial charge in [0.25, 0.3) is 22.9 Å². The Morgan fingerprint density at radius 1 is 0.638 bits per heavy atom. The van der Waals surface area contributed by atoms with Crippen LogP contribution in [0.1, 0.15) is 63.6 Å². The van der Waals surface area contributed by atoms with Crippen molar-refractivity contribution in [3.05, 3.63) is 199 Å². The number of nitrogens with one attached hydrogen (secondary N) is 2. The van der Waals surface area contributed by atoms with Crippen LogP contribution in [0.4, 0.5) is 20.4 Å². The number of aromatic nitrogens is 8. The number of pyridine rings is 2. The Labute approximate surface area is 397 Å². The van der Waals surface area contributed by atoms with Crippen molar-refractivity contribution >= 4 is 72.2 Å². The Bertz CT molecular complexity index is 3850. The SMILES string of the molecule is C[C@H](NC(=O)c1c(N)nn2cccnc12)c1c(Br)c2cccc(F)c2c(=O)n1-c1ccccc1.C[C@H](NC(=O)c1c(N)nn2cccnc12)c1c(C#N)c2cccc(F)c2c(=O)n1-c1ccccc1. The summed E-state index contributed by atoms with van der Waals surface area (Å²) in [5, 5.41) is 24.3. The molecule has 17 nitrogen and oxygen atoms in total. The Morgan fingerprint density at radius 2 is 1.07 bits per heavy atom. The highest BCUT2D eigenvalue weighted by atomic mass is 79.9. The second-order valence-corrected chi connectivity index (χ2v) is 16.3. The predicted octanol–water partition coefficient (Wildman–Crippen LogP) is 7.13. The van der Waals surface area contributed by atoms with E-state index in [1.54, 1.807) is 99.0 Å². The van der Waals surface area contributed by atoms with E-state index in [2.05, 4.69) is 52.8 Å². The summed E-state index contributed by atoms with van der Waals surface area (Å²) >= 11 is 3.56. The molecule has 6 heterocycles. The predicted molar refractivity (Wildman–Crippen MR) is 258 cm³/mol. The van der Waals surface area contributed by atoms with Crippen LogP contribution in [0, 0.1) is 23.0 Å². The highest BCUT2D eigenvalue weighted by molar-refractivity contribution is 9.10. The number of para-hydroxylation sites is 2. The Kier molecular flexibility index (Phi) is 12.0. The van der Waals surface area contributed by atoms with E-state index in [0.717, 1.165) is 0 Å². The molecule has 10 rings (SSSR count). The van der Waals surface area contributed by atoms with E-state index in [4.69, 9.17) is 11.5 Å². The highest BCUT2D eigenvalue weighted by Gasteiger charge is 2.29. The second kappa shape index (κ2) is 18.3. The number of amides is 2. The molecule has 0 unspecified atom stereocenters. The molecular weight excluding hydrogens is 953 g/mol. The summed E-state index contributed by atoms with van der Waals surface area (Å²) < 4.78 is 35.4. The van der Waals surface area contributed by atoms with Crippen LogP contribution < -0.4 is 33.2 Å². The molecule has 0 saturated carbocycles. The van der Waals surface area contributed by atoms with Gasteiger partial charge < -0.3 is 22.1 Å². The number of hydrogen-bond acceptors (Lipinski definition) is 11. The topological polar surface area (TPSA) is 238 Å². The van der Waals surface area contributed by atoms with Gasteiger partial charge in [0.15, 0.2) is 22.9 Å². The van der Waals surface area contributed by atoms with Crippen LogP contribution in [0.2, 0.25) is 0 Å². The number of carbonyl (C=O) groups excluding carboxylic acids is 2. The van der Waals surface area contributed by atoms with Gasteiger partial charge in [-0.05, 0) is 78.3 Å². The van der Waals surface area contributed by atoms with Gasteiger partial charge in [0.1, 0.15) is 28.8 Å². The number of carbonyl (C=O) groups is 2. The second-order valence-electron chi connectivity index (χ2n) is 15.5. The first-order chi connectivity index (χ1) is 33.3. The van der Waals surface area contributed by atoms with Gasteiger partial charge in [-0.3, -0.25) is 28.3 Å². The van der Waals surface area contributed by atoms with Crippen molar-refractivity contribution in [2.75, 3.05) is 11.5 Å². The van der Waals surface area contributed by atoms with Crippen molar-refractivity contribution in [1.29, 1.82) is 5.26 Å². The standard InChI is InChI=1S/C25H18FN7O2.C24H18BrFN6O2/c1-14(30-24(34)20-22(28)31-32-12-6-11-29-23(20)32)21-17(13-27)16-9-5-10-18(26)19(16)25(35)33(21)15-7-3-2-4-8-15;1-13(29-23(33)18-21(27)30-31-12-6-11-28-22(18)31)20-19(25)15-9-5-10-16(26)17(15)24(34)32(20)14-7-3-2-4-8-14/h2-12,14H,1H3,(H2,28,31)(H,30,34);2-13H,1H3,(H2,27,30)(H,29,33)/t14-;13-/m00/s1. The van der Waals surface area contributed by atoms with Gasteiger partial charge in [-0.2, -0.15) is 5.26 Å². The van der Waals surface area contributed by atoms with E-state index in [1.165, 1.54) is 60.9 Å². The van der Waals surface area contributed by atoms with Crippen LogP contribution in [0.15, 0.2) is 148 Å². The van der Waals surface area contributed by atoms with Gasteiger partial charge in [-0.15, -0.1) is 10.2 Å². The van der Waals surface area contributed by atoms with Gasteiger partial charge in [0.2, 0.25) is 0 Å². The average molecular weight is 989 g/mol. The Morgan fingerprint density at radius 3 is 1.55 bits per heavy atom. The lowest BCUT2D eigenvalue weighted by Gasteiger charge is -2.23. The maximum Gasteiger partial charge on any atom is 0.266 e. The van der Waals surface area contributed by atoms with Crippen molar-refractivity contribution in [2.24, 2.45) is 0 Å². The molecule has 0 saturated heterocycles. The number of fused-ring (bicyclic) bond motifs is 4. The van der Waals surface area contributed by atoms with Gasteiger partial charge >= 0.3 is 0 Å². The molecule has 6 aromatic heterocycles. The fraction of sp³-hybridized carbons (Fsp3) is 0.0816. The molecule has 69 heavy (non-hydrogen) atoms. The van der Waals surface area contributed by atoms with Crippen LogP contribution in [0.5, 0.6) is 0 Å². The quantitative estimate of drug-likeness (QED) is 0.119. The third kappa shape index (κ3) is 7.95. The molecular formula is C49H36BrF2N13O4. The number of anilines is 2. The zero-order valence-corrected chi connectivity index (χ0v) is 37.9. The number of hydrogen-bond donors (Lipinski definition) is 4. The first kappa shape index (κ1) is 45.1. The highest BCUT2D eigenvalue weighted by Crippen LogP contribution is 2.33. The van der Waals surface area contributed by atoms with Crippen LogP contribution >= 0.6 is 15.9 Å². The molecule has 0 fully saturated rings. The summed E-state index contributed by atoms with van der Waals surface area (Å²) in [6, 6.07) is 29.9. The minimum absolute atomic E-state index is 0.0186. The van der Waals surface area contributed by atoms with Crippen molar-refractivity contribution in [1.82, 2.24) is 49.0 Å². The molecule has 0 bridgehead atoms. The van der Waals surface area contributed by atoms with Crippen molar-refractivity contribution < 1.29 is 18.4 Å². The third-order valence-corrected chi connectivity index (χ3v) is 12.1. The smallest absolute Gasteiger partial charge is 0.266 e. The maximum atomic E-state index is 14.8. The van der Waals surface area contributed by atoms with Gasteiger partial charge in [0, 0.05) is 51.4 Å². The molecule has 20 heteroatoms. The molecule has 0 aliphatic heterocycles. The van der Waals surface area contributed by atoms with E-state index < -0.39 is 46.7 Å². The summed E-state index contributed by atoms with van der Waals surface area (Å²) in [6.45, 7) is 3.37. The lowest BCUT2D eigenvalue weighted by molar-refractivity contribution is 0.0932. The number of halogens is 3. The van der Waals surface area contributed by atoms with Gasteiger partial charge in [0.05, 0.1) is 39.8 Å². The molecule has 2 amide bonds. The zero-order valence-electron chi connectivity index (χ0n) is 36.3. The first-order valence-electron chi connectivity index (χ1n) is 21.0. The monoisotopic (exact) mass is 987 g/mol. The van der Waals surface area contributed by atoms with E-state index in [0.29, 0.717) is 32.6 Å². The Hall–Kier alpha value is -9.09. The molecule has 6 N–H and O–H groups in total. The number of nitriles is 1. The van der Waals surface area contributed by atoms with Crippen LogP contribution in [-0.4, -0.2) is 50.1 Å². The molecule has 10 aromatic rings.